The number of nitrogens with one attached hydrogen (secondary N) is 1. The molecule has 1 heterocycles. The van der Waals surface area contributed by atoms with E-state index in [9.17, 15) is 35.1 Å². The van der Waals surface area contributed by atoms with E-state index in [0.717, 1.165) is 70.6 Å². The summed E-state index contributed by atoms with van der Waals surface area (Å²) in [6, 6.07) is -1.04. The van der Waals surface area contributed by atoms with Gasteiger partial charge in [0.25, 0.3) is 0 Å². The summed E-state index contributed by atoms with van der Waals surface area (Å²) in [5, 5.41) is 56.6. The number of amides is 1. The zero-order chi connectivity index (χ0) is 50.4. The maximum atomic E-state index is 13.3. The fourth-order valence-electron chi connectivity index (χ4n) is 8.03. The number of hydrogen-bond donors (Lipinski definition) is 6. The quantitative estimate of drug-likeness (QED) is 0.0149. The van der Waals surface area contributed by atoms with Crippen molar-refractivity contribution in [2.24, 2.45) is 0 Å². The molecule has 1 aliphatic rings. The highest BCUT2D eigenvalue weighted by molar-refractivity contribution is 5.80. The van der Waals surface area contributed by atoms with Gasteiger partial charge in [0.15, 0.2) is 12.4 Å². The van der Waals surface area contributed by atoms with Crippen LogP contribution in [0.15, 0.2) is 85.1 Å². The van der Waals surface area contributed by atoms with Gasteiger partial charge in [-0.3, -0.25) is 9.59 Å². The summed E-state index contributed by atoms with van der Waals surface area (Å²) < 4.78 is 17.4. The van der Waals surface area contributed by atoms with Gasteiger partial charge in [-0.15, -0.1) is 0 Å². The molecule has 0 aliphatic carbocycles. The second-order valence-electron chi connectivity index (χ2n) is 18.7. The Morgan fingerprint density at radius 1 is 0.580 bits per heavy atom. The summed E-state index contributed by atoms with van der Waals surface area (Å²) in [4.78, 5) is 26.3. The summed E-state index contributed by atoms with van der Waals surface area (Å²) >= 11 is 0. The van der Waals surface area contributed by atoms with Crippen molar-refractivity contribution in [1.82, 2.24) is 5.32 Å². The van der Waals surface area contributed by atoms with Gasteiger partial charge < -0.3 is 45.1 Å². The Balaban J connectivity index is 2.79. The van der Waals surface area contributed by atoms with E-state index < -0.39 is 67.4 Å². The summed E-state index contributed by atoms with van der Waals surface area (Å²) in [5.41, 5.74) is 0. The minimum Gasteiger partial charge on any atom is -0.454 e. The first-order valence-electron chi connectivity index (χ1n) is 27.4. The molecule has 6 N–H and O–H groups in total. The minimum absolute atomic E-state index is 0.0233. The van der Waals surface area contributed by atoms with Gasteiger partial charge in [-0.2, -0.15) is 0 Å². The molecule has 0 saturated carbocycles. The molecule has 11 heteroatoms. The fraction of sp³-hybridized carbons (Fsp3) is 0.724. The van der Waals surface area contributed by atoms with Crippen molar-refractivity contribution in [2.45, 2.75) is 256 Å². The summed E-state index contributed by atoms with van der Waals surface area (Å²) in [5.74, 6) is -1.28. The maximum absolute atomic E-state index is 13.3. The van der Waals surface area contributed by atoms with Crippen LogP contribution in [0.3, 0.4) is 0 Å². The van der Waals surface area contributed by atoms with Crippen LogP contribution in [0.1, 0.15) is 207 Å². The predicted octanol–water partition coefficient (Wildman–Crippen LogP) is 11.8. The Labute approximate surface area is 419 Å². The van der Waals surface area contributed by atoms with Gasteiger partial charge in [0.2, 0.25) is 5.91 Å². The first-order valence-corrected chi connectivity index (χ1v) is 27.4. The smallest absolute Gasteiger partial charge is 0.306 e. The lowest BCUT2D eigenvalue weighted by atomic mass is 9.99. The number of hydrogen-bond acceptors (Lipinski definition) is 10. The third-order valence-electron chi connectivity index (χ3n) is 12.4. The van der Waals surface area contributed by atoms with Gasteiger partial charge in [0.1, 0.15) is 24.4 Å². The van der Waals surface area contributed by atoms with Crippen LogP contribution in [-0.2, 0) is 23.8 Å². The van der Waals surface area contributed by atoms with Crippen molar-refractivity contribution < 1.29 is 49.3 Å². The summed E-state index contributed by atoms with van der Waals surface area (Å²) in [6.45, 7) is 5.56. The van der Waals surface area contributed by atoms with Crippen molar-refractivity contribution in [2.75, 3.05) is 13.2 Å². The van der Waals surface area contributed by atoms with Crippen molar-refractivity contribution in [3.63, 3.8) is 0 Å². The van der Waals surface area contributed by atoms with Crippen molar-refractivity contribution in [3.05, 3.63) is 85.1 Å². The van der Waals surface area contributed by atoms with Crippen molar-refractivity contribution >= 4 is 11.9 Å². The number of esters is 1. The van der Waals surface area contributed by atoms with Crippen LogP contribution in [0.5, 0.6) is 0 Å². The number of aliphatic hydroxyl groups excluding tert-OH is 5. The van der Waals surface area contributed by atoms with Crippen LogP contribution >= 0.6 is 0 Å². The number of unbranched alkanes of at least 4 members (excludes halogenated alkanes) is 22. The fourth-order valence-corrected chi connectivity index (χ4v) is 8.03. The molecule has 1 amide bonds. The lowest BCUT2D eigenvalue weighted by Crippen LogP contribution is -2.61. The summed E-state index contributed by atoms with van der Waals surface area (Å²) in [7, 11) is 0. The molecule has 69 heavy (non-hydrogen) atoms. The van der Waals surface area contributed by atoms with E-state index in [4.69, 9.17) is 14.2 Å². The average molecular weight is 970 g/mol. The van der Waals surface area contributed by atoms with Crippen LogP contribution in [0.4, 0.5) is 0 Å². The molecule has 1 fully saturated rings. The number of carbonyl (C=O) groups excluding carboxylic acids is 2. The highest BCUT2D eigenvalue weighted by Crippen LogP contribution is 2.26. The molecular formula is C58H99NO10. The number of ether oxygens (including phenoxy) is 3. The molecule has 0 bridgehead atoms. The third kappa shape index (κ3) is 34.7. The Bertz CT molecular complexity index is 1440. The van der Waals surface area contributed by atoms with Gasteiger partial charge in [-0.25, -0.2) is 0 Å². The Hall–Kier alpha value is -3.16. The number of rotatable bonds is 44. The monoisotopic (exact) mass is 970 g/mol. The maximum Gasteiger partial charge on any atom is 0.306 e. The minimum atomic E-state index is -1.65. The normalized spacial score (nSPS) is 20.5. The predicted molar refractivity (Wildman–Crippen MR) is 282 cm³/mol. The van der Waals surface area contributed by atoms with E-state index in [0.29, 0.717) is 19.3 Å². The molecule has 11 nitrogen and oxygen atoms in total. The topological polar surface area (TPSA) is 175 Å². The van der Waals surface area contributed by atoms with E-state index in [1.54, 1.807) is 6.08 Å². The van der Waals surface area contributed by atoms with E-state index in [2.05, 4.69) is 44.3 Å². The molecule has 1 rings (SSSR count). The third-order valence-corrected chi connectivity index (χ3v) is 12.4. The Kier molecular flexibility index (Phi) is 42.5. The highest BCUT2D eigenvalue weighted by atomic mass is 16.7. The summed E-state index contributed by atoms with van der Waals surface area (Å²) in [6.07, 6.45) is 47.9. The molecule has 0 aromatic heterocycles. The van der Waals surface area contributed by atoms with Crippen LogP contribution in [0.25, 0.3) is 0 Å². The zero-order valence-corrected chi connectivity index (χ0v) is 43.4. The van der Waals surface area contributed by atoms with Crippen LogP contribution < -0.4 is 5.32 Å². The van der Waals surface area contributed by atoms with Crippen LogP contribution in [-0.4, -0.2) is 99.6 Å². The van der Waals surface area contributed by atoms with E-state index in [1.165, 1.54) is 83.5 Å². The second-order valence-corrected chi connectivity index (χ2v) is 18.7. The molecular weight excluding hydrogens is 871 g/mol. The van der Waals surface area contributed by atoms with Crippen LogP contribution in [0, 0.1) is 0 Å². The lowest BCUT2D eigenvalue weighted by Gasteiger charge is -2.41. The van der Waals surface area contributed by atoms with Gasteiger partial charge in [-0.05, 0) is 64.2 Å². The molecule has 8 unspecified atom stereocenters. The van der Waals surface area contributed by atoms with Gasteiger partial charge >= 0.3 is 5.97 Å². The highest BCUT2D eigenvalue weighted by Gasteiger charge is 2.47. The van der Waals surface area contributed by atoms with Crippen LogP contribution in [0.2, 0.25) is 0 Å². The Morgan fingerprint density at radius 2 is 1.06 bits per heavy atom. The first-order chi connectivity index (χ1) is 33.7. The van der Waals surface area contributed by atoms with Crippen molar-refractivity contribution in [3.8, 4) is 0 Å². The number of aliphatic hydroxyl groups is 5. The molecule has 0 spiro atoms. The SMILES string of the molecule is CC/C=C/C=C/C=C\C=C/C=C/CCCC(=O)OC1C(OCC(NC(=O)C(O)CCCCCCCC/C=C/CCCCCCCC)C(O)/C=C/CCCCCCCCCCC)OC(CO)C(O)C1O. The number of allylic oxidation sites excluding steroid dienone is 13. The van der Waals surface area contributed by atoms with E-state index in [1.807, 2.05) is 60.8 Å². The zero-order valence-electron chi connectivity index (χ0n) is 43.4. The standard InChI is InChI=1S/C58H99NO10/c1-4-7-10-13-16-19-22-24-25-26-28-30-33-36-39-42-45-51(62)57(66)59-49(50(61)44-41-38-35-32-29-21-18-15-12-9-6-3)48-67-58-56(55(65)54(64)52(47-60)68-58)69-53(63)46-43-40-37-34-31-27-23-20-17-14-11-8-5-2/h8,11,14,17,20,23-25,27,31,34,37,41,44,49-52,54-56,58,60-62,64-65H,4-7,9-10,12-13,15-16,18-19,21-22,26,28-30,32-33,35-36,38-40,42-43,45-48H2,1-3H3,(H,59,66)/b11-8+,17-14+,23-20-,25-24+,31-27-,37-34+,44-41+. The number of carbonyl (C=O) groups is 2. The largest absolute Gasteiger partial charge is 0.454 e. The molecule has 1 aliphatic heterocycles. The van der Waals surface area contributed by atoms with Crippen molar-refractivity contribution in [1.29, 1.82) is 0 Å². The van der Waals surface area contributed by atoms with Gasteiger partial charge in [-0.1, -0.05) is 221 Å². The van der Waals surface area contributed by atoms with E-state index >= 15 is 0 Å². The van der Waals surface area contributed by atoms with Gasteiger partial charge in [0.05, 0.1) is 25.4 Å². The second kappa shape index (κ2) is 45.9. The lowest BCUT2D eigenvalue weighted by molar-refractivity contribution is -0.305. The van der Waals surface area contributed by atoms with Gasteiger partial charge in [0, 0.05) is 6.42 Å². The van der Waals surface area contributed by atoms with E-state index in [-0.39, 0.29) is 19.4 Å². The Morgan fingerprint density at radius 3 is 1.59 bits per heavy atom. The first kappa shape index (κ1) is 63.9. The molecule has 0 aromatic carbocycles. The molecule has 8 atom stereocenters. The average Bonchev–Trinajstić information content (AvgIpc) is 3.34. The molecule has 0 aromatic rings. The molecule has 396 valence electrons. The molecule has 1 saturated heterocycles. The molecule has 0 radical (unpaired) electrons.